The van der Waals surface area contributed by atoms with E-state index in [4.69, 9.17) is 23.9 Å². The summed E-state index contributed by atoms with van der Waals surface area (Å²) in [7, 11) is 1.39. The number of carbonyl (C=O) groups is 1. The van der Waals surface area contributed by atoms with E-state index in [9.17, 15) is 9.90 Å². The number of esters is 1. The first-order valence-electron chi connectivity index (χ1n) is 11.5. The minimum absolute atomic E-state index is 0.248. The van der Waals surface area contributed by atoms with Crippen molar-refractivity contribution in [2.45, 2.75) is 30.8 Å². The molecule has 9 heteroatoms. The van der Waals surface area contributed by atoms with E-state index in [1.54, 1.807) is 0 Å². The number of hydrogen-bond acceptors (Lipinski definition) is 7. The highest BCUT2D eigenvalue weighted by molar-refractivity contribution is 5.80. The minimum Gasteiger partial charge on any atom is -0.470 e. The summed E-state index contributed by atoms with van der Waals surface area (Å²) < 4.78 is 24.1. The smallest absolute Gasteiger partial charge is 0.310 e. The molecule has 5 heterocycles. The van der Waals surface area contributed by atoms with Gasteiger partial charge in [0.05, 0.1) is 43.5 Å². The van der Waals surface area contributed by atoms with E-state index in [1.165, 1.54) is 7.11 Å². The van der Waals surface area contributed by atoms with Gasteiger partial charge in [0.2, 0.25) is 0 Å². The molecule has 2 fully saturated rings. The first-order valence-corrected chi connectivity index (χ1v) is 11.5. The van der Waals surface area contributed by atoms with Crippen LogP contribution in [0.4, 0.5) is 0 Å². The van der Waals surface area contributed by atoms with Gasteiger partial charge in [0.25, 0.3) is 0 Å². The lowest BCUT2D eigenvalue weighted by Crippen LogP contribution is -2.34. The molecule has 4 aromatic rings. The first kappa shape index (κ1) is 21.8. The normalized spacial score (nSPS) is 23.5. The van der Waals surface area contributed by atoms with Crippen LogP contribution >= 0.6 is 0 Å². The zero-order valence-corrected chi connectivity index (χ0v) is 19.1. The van der Waals surface area contributed by atoms with Crippen molar-refractivity contribution in [1.29, 1.82) is 0 Å². The molecule has 0 unspecified atom stereocenters. The van der Waals surface area contributed by atoms with E-state index in [2.05, 4.69) is 4.98 Å². The number of aromatic nitrogens is 3. The third-order valence-electron chi connectivity index (χ3n) is 6.50. The monoisotopic (exact) mass is 475 g/mol. The van der Waals surface area contributed by atoms with Crippen molar-refractivity contribution < 1.29 is 28.8 Å². The van der Waals surface area contributed by atoms with Gasteiger partial charge in [-0.05, 0) is 35.9 Å². The number of nitrogens with zero attached hydrogens (tertiary/aromatic N) is 2. The van der Waals surface area contributed by atoms with Crippen LogP contribution in [0.2, 0.25) is 0 Å². The van der Waals surface area contributed by atoms with Crippen molar-refractivity contribution >= 4 is 17.0 Å². The molecule has 2 aliphatic rings. The number of benzene rings is 1. The van der Waals surface area contributed by atoms with E-state index in [-0.39, 0.29) is 37.3 Å². The predicted octanol–water partition coefficient (Wildman–Crippen LogP) is 2.64. The fourth-order valence-electron chi connectivity index (χ4n) is 4.67. The minimum atomic E-state index is -0.605. The van der Waals surface area contributed by atoms with Crippen molar-refractivity contribution in [3.63, 3.8) is 0 Å². The lowest BCUT2D eigenvalue weighted by Gasteiger charge is -2.16. The molecule has 2 N–H and O–H groups in total. The van der Waals surface area contributed by atoms with Crippen molar-refractivity contribution in [3.05, 3.63) is 66.5 Å². The van der Waals surface area contributed by atoms with Crippen LogP contribution in [0.25, 0.3) is 28.0 Å². The maximum Gasteiger partial charge on any atom is 0.310 e. The lowest BCUT2D eigenvalue weighted by molar-refractivity contribution is -0.139. The highest BCUT2D eigenvalue weighted by atomic mass is 16.6. The topological polar surface area (TPSA) is 108 Å². The Kier molecular flexibility index (Phi) is 5.52. The summed E-state index contributed by atoms with van der Waals surface area (Å²) in [5.41, 5.74) is 5.38. The van der Waals surface area contributed by atoms with Gasteiger partial charge in [0.15, 0.2) is 12.0 Å². The molecule has 0 amide bonds. The maximum atomic E-state index is 11.5. The van der Waals surface area contributed by atoms with Gasteiger partial charge < -0.3 is 33.6 Å². The summed E-state index contributed by atoms with van der Waals surface area (Å²) in [5.74, 6) is 0.332. The predicted molar refractivity (Wildman–Crippen MR) is 126 cm³/mol. The first-order chi connectivity index (χ1) is 17.1. The second kappa shape index (κ2) is 8.84. The molecule has 6 rings (SSSR count). The molecule has 180 valence electrons. The van der Waals surface area contributed by atoms with E-state index in [0.717, 1.165) is 33.5 Å². The third kappa shape index (κ3) is 4.18. The second-order valence-corrected chi connectivity index (χ2v) is 8.81. The average molecular weight is 476 g/mol. The molecular weight excluding hydrogens is 450 g/mol. The van der Waals surface area contributed by atoms with Crippen LogP contribution in [0, 0.1) is 0 Å². The molecule has 3 aromatic heterocycles. The molecule has 4 atom stereocenters. The van der Waals surface area contributed by atoms with Crippen LogP contribution in [0.15, 0.2) is 60.9 Å². The summed E-state index contributed by atoms with van der Waals surface area (Å²) in [6.07, 6.45) is 2.61. The number of rotatable bonds is 6. The summed E-state index contributed by atoms with van der Waals surface area (Å²) in [6, 6.07) is 15.8. The van der Waals surface area contributed by atoms with Crippen LogP contribution < -0.4 is 4.74 Å². The largest absolute Gasteiger partial charge is 0.470 e. The molecule has 1 aromatic carbocycles. The Morgan fingerprint density at radius 2 is 1.97 bits per heavy atom. The molecule has 2 aliphatic heterocycles. The van der Waals surface area contributed by atoms with E-state index in [1.807, 2.05) is 65.5 Å². The quantitative estimate of drug-likeness (QED) is 0.413. The fourth-order valence-corrected chi connectivity index (χ4v) is 4.67. The van der Waals surface area contributed by atoms with Gasteiger partial charge >= 0.3 is 5.97 Å². The van der Waals surface area contributed by atoms with Crippen LogP contribution in [-0.4, -0.2) is 70.4 Å². The van der Waals surface area contributed by atoms with E-state index in [0.29, 0.717) is 12.5 Å². The molecular formula is C26H25N3O6. The Morgan fingerprint density at radius 3 is 2.80 bits per heavy atom. The Balaban J connectivity index is 1.17. The van der Waals surface area contributed by atoms with Crippen LogP contribution in [-0.2, 0) is 25.4 Å². The number of hydrogen-bond donors (Lipinski definition) is 2. The Morgan fingerprint density at radius 1 is 1.14 bits per heavy atom. The molecule has 0 aliphatic carbocycles. The van der Waals surface area contributed by atoms with Gasteiger partial charge in [-0.1, -0.05) is 12.1 Å². The Bertz CT molecular complexity index is 1360. The number of H-pyrrole nitrogens is 1. The number of methoxy groups -OCH3 is 1. The highest BCUT2D eigenvalue weighted by Crippen LogP contribution is 2.31. The number of aliphatic hydroxyl groups excluding tert-OH is 1. The van der Waals surface area contributed by atoms with Crippen molar-refractivity contribution in [2.24, 2.45) is 0 Å². The summed E-state index contributed by atoms with van der Waals surface area (Å²) >= 11 is 0. The number of aromatic amines is 1. The number of pyridine rings is 1. The third-order valence-corrected chi connectivity index (χ3v) is 6.50. The molecule has 0 bridgehead atoms. The second-order valence-electron chi connectivity index (χ2n) is 8.81. The Hall–Kier alpha value is -3.66. The number of aliphatic hydroxyl groups is 1. The van der Waals surface area contributed by atoms with Crippen molar-refractivity contribution in [3.8, 4) is 22.8 Å². The SMILES string of the molecule is COC(=O)Cc1ccn(-c2ccc(-c3ccc4[nH]c(O[C@@H]5CO[C@H]6[C@@H]5OC[C@H]6O)cc4n3)cc2)c1. The standard InChI is InChI=1S/C26H25N3O6/c1-32-24(31)10-15-8-9-29(12-15)17-4-2-16(3-5-17)18-6-7-19-20(27-18)11-23(28-19)35-22-14-34-25-21(30)13-33-26(22)25/h2-9,11-12,21-22,25-26,28,30H,10,13-14H2,1H3/t21-,22-,25-,26-/m1/s1. The molecule has 0 spiro atoms. The summed E-state index contributed by atoms with van der Waals surface area (Å²) in [5, 5.41) is 9.92. The van der Waals surface area contributed by atoms with Gasteiger partial charge in [-0.25, -0.2) is 4.98 Å². The number of carbonyl (C=O) groups excluding carboxylic acids is 1. The number of ether oxygens (including phenoxy) is 4. The summed E-state index contributed by atoms with van der Waals surface area (Å²) in [6.45, 7) is 0.642. The maximum absolute atomic E-state index is 11.5. The number of fused-ring (bicyclic) bond motifs is 2. The van der Waals surface area contributed by atoms with Crippen LogP contribution in [0.5, 0.6) is 5.88 Å². The lowest BCUT2D eigenvalue weighted by atomic mass is 10.1. The van der Waals surface area contributed by atoms with Gasteiger partial charge in [-0.2, -0.15) is 0 Å². The van der Waals surface area contributed by atoms with Crippen molar-refractivity contribution in [1.82, 2.24) is 14.5 Å². The van der Waals surface area contributed by atoms with Gasteiger partial charge in [-0.15, -0.1) is 0 Å². The fraction of sp³-hybridized carbons (Fsp3) is 0.308. The van der Waals surface area contributed by atoms with Gasteiger partial charge in [0, 0.05) is 29.7 Å². The molecule has 35 heavy (non-hydrogen) atoms. The van der Waals surface area contributed by atoms with E-state index >= 15 is 0 Å². The Labute approximate surface area is 201 Å². The molecule has 0 saturated carbocycles. The van der Waals surface area contributed by atoms with Gasteiger partial charge in [-0.3, -0.25) is 4.79 Å². The zero-order chi connectivity index (χ0) is 23.9. The van der Waals surface area contributed by atoms with E-state index < -0.39 is 6.10 Å². The van der Waals surface area contributed by atoms with Gasteiger partial charge in [0.1, 0.15) is 18.3 Å². The average Bonchev–Trinajstić information content (AvgIpc) is 3.65. The van der Waals surface area contributed by atoms with Crippen molar-refractivity contribution in [2.75, 3.05) is 20.3 Å². The molecule has 2 saturated heterocycles. The highest BCUT2D eigenvalue weighted by Gasteiger charge is 2.48. The summed E-state index contributed by atoms with van der Waals surface area (Å²) in [4.78, 5) is 19.5. The zero-order valence-electron chi connectivity index (χ0n) is 19.1. The number of nitrogens with one attached hydrogen (secondary N) is 1. The van der Waals surface area contributed by atoms with Crippen LogP contribution in [0.1, 0.15) is 5.56 Å². The molecule has 0 radical (unpaired) electrons. The molecule has 9 nitrogen and oxygen atoms in total. The van der Waals surface area contributed by atoms with Crippen LogP contribution in [0.3, 0.4) is 0 Å².